The van der Waals surface area contributed by atoms with Gasteiger partial charge in [-0.15, -0.1) is 0 Å². The number of nitrogens with one attached hydrogen (secondary N) is 2. The molecule has 0 spiro atoms. The van der Waals surface area contributed by atoms with Crippen molar-refractivity contribution in [2.75, 3.05) is 23.3 Å². The van der Waals surface area contributed by atoms with Gasteiger partial charge in [-0.1, -0.05) is 36.4 Å². The number of piperazine rings is 1. The molecule has 32 heavy (non-hydrogen) atoms. The first kappa shape index (κ1) is 21.5. The van der Waals surface area contributed by atoms with Crippen molar-refractivity contribution in [2.24, 2.45) is 0 Å². The molecule has 1 unspecified atom stereocenters. The molecule has 1 aliphatic heterocycles. The summed E-state index contributed by atoms with van der Waals surface area (Å²) in [5.74, 6) is -0.796. The van der Waals surface area contributed by atoms with Crippen LogP contribution in [-0.2, 0) is 17.5 Å². The summed E-state index contributed by atoms with van der Waals surface area (Å²) in [6, 6.07) is 13.2. The van der Waals surface area contributed by atoms with E-state index in [-0.39, 0.29) is 24.0 Å². The van der Waals surface area contributed by atoms with Gasteiger partial charge >= 0.3 is 6.18 Å². The Balaban J connectivity index is 1.54. The summed E-state index contributed by atoms with van der Waals surface area (Å²) in [5.41, 5.74) is -0.285. The van der Waals surface area contributed by atoms with Crippen molar-refractivity contribution in [2.45, 2.75) is 18.8 Å². The highest BCUT2D eigenvalue weighted by Gasteiger charge is 2.34. The Morgan fingerprint density at radius 3 is 2.66 bits per heavy atom. The van der Waals surface area contributed by atoms with Gasteiger partial charge in [0.15, 0.2) is 0 Å². The summed E-state index contributed by atoms with van der Waals surface area (Å²) >= 11 is 0. The molecule has 1 aliphatic rings. The second kappa shape index (κ2) is 8.81. The van der Waals surface area contributed by atoms with Gasteiger partial charge in [-0.2, -0.15) is 18.2 Å². The van der Waals surface area contributed by atoms with E-state index >= 15 is 0 Å². The lowest BCUT2D eigenvalue weighted by molar-refractivity contribution is -0.140. The number of hydrogen-bond donors (Lipinski definition) is 2. The molecule has 0 bridgehead atoms. The van der Waals surface area contributed by atoms with Crippen molar-refractivity contribution >= 4 is 17.7 Å². The van der Waals surface area contributed by atoms with Gasteiger partial charge in [-0.25, -0.2) is 9.37 Å². The molecule has 1 aromatic heterocycles. The lowest BCUT2D eigenvalue weighted by Gasteiger charge is -2.36. The van der Waals surface area contributed by atoms with E-state index in [9.17, 15) is 22.4 Å². The van der Waals surface area contributed by atoms with Crippen molar-refractivity contribution in [3.8, 4) is 0 Å². The Morgan fingerprint density at radius 2 is 1.91 bits per heavy atom. The fourth-order valence-electron chi connectivity index (χ4n) is 3.56. The van der Waals surface area contributed by atoms with Gasteiger partial charge in [0, 0.05) is 25.8 Å². The van der Waals surface area contributed by atoms with E-state index < -0.39 is 23.6 Å². The highest BCUT2D eigenvalue weighted by Crippen LogP contribution is 2.32. The molecule has 0 radical (unpaired) electrons. The molecule has 1 fully saturated rings. The van der Waals surface area contributed by atoms with E-state index in [4.69, 9.17) is 0 Å². The van der Waals surface area contributed by atoms with Crippen LogP contribution in [0.3, 0.4) is 0 Å². The Hall–Kier alpha value is -3.69. The van der Waals surface area contributed by atoms with E-state index in [1.165, 1.54) is 12.3 Å². The summed E-state index contributed by atoms with van der Waals surface area (Å²) in [6.45, 7) is 0.939. The number of carbonyl (C=O) groups excluding carboxylic acids is 1. The molecule has 1 amide bonds. The number of rotatable bonds is 5. The summed E-state index contributed by atoms with van der Waals surface area (Å²) in [4.78, 5) is 23.0. The SMILES string of the molecule is O=C1NCCN(c2ccnc(NCc3ccc(F)c(C(F)(F)F)c3)n2)C1c1ccccc1. The first-order chi connectivity index (χ1) is 15.3. The smallest absolute Gasteiger partial charge is 0.352 e. The van der Waals surface area contributed by atoms with Crippen LogP contribution in [0.15, 0.2) is 60.8 Å². The van der Waals surface area contributed by atoms with Crippen molar-refractivity contribution in [3.63, 3.8) is 0 Å². The Labute approximate surface area is 181 Å². The molecule has 1 saturated heterocycles. The molecular weight excluding hydrogens is 426 g/mol. The molecule has 0 aliphatic carbocycles. The van der Waals surface area contributed by atoms with Crippen LogP contribution in [-0.4, -0.2) is 29.0 Å². The monoisotopic (exact) mass is 445 g/mol. The first-order valence-corrected chi connectivity index (χ1v) is 9.85. The zero-order valence-corrected chi connectivity index (χ0v) is 16.7. The Morgan fingerprint density at radius 1 is 1.12 bits per heavy atom. The maximum absolute atomic E-state index is 13.5. The van der Waals surface area contributed by atoms with E-state index in [0.29, 0.717) is 18.9 Å². The Kier molecular flexibility index (Phi) is 5.93. The van der Waals surface area contributed by atoms with Crippen molar-refractivity contribution in [3.05, 3.63) is 83.3 Å². The van der Waals surface area contributed by atoms with Crippen LogP contribution in [0, 0.1) is 5.82 Å². The van der Waals surface area contributed by atoms with Gasteiger partial charge in [0.05, 0.1) is 5.56 Å². The van der Waals surface area contributed by atoms with Gasteiger partial charge in [0.25, 0.3) is 0 Å². The maximum atomic E-state index is 13.5. The van der Waals surface area contributed by atoms with Crippen molar-refractivity contribution in [1.82, 2.24) is 15.3 Å². The highest BCUT2D eigenvalue weighted by molar-refractivity contribution is 5.87. The number of alkyl halides is 3. The van der Waals surface area contributed by atoms with Gasteiger partial charge in [-0.05, 0) is 29.3 Å². The Bertz CT molecular complexity index is 1110. The number of benzene rings is 2. The minimum Gasteiger partial charge on any atom is -0.352 e. The normalized spacial score (nSPS) is 16.6. The highest BCUT2D eigenvalue weighted by atomic mass is 19.4. The number of amides is 1. The molecule has 6 nitrogen and oxygen atoms in total. The van der Waals surface area contributed by atoms with Crippen LogP contribution < -0.4 is 15.5 Å². The maximum Gasteiger partial charge on any atom is 0.419 e. The second-order valence-electron chi connectivity index (χ2n) is 7.20. The minimum atomic E-state index is -4.78. The third-order valence-electron chi connectivity index (χ3n) is 5.05. The van der Waals surface area contributed by atoms with Crippen molar-refractivity contribution < 1.29 is 22.4 Å². The summed E-state index contributed by atoms with van der Waals surface area (Å²) in [5, 5.41) is 5.72. The third-order valence-corrected chi connectivity index (χ3v) is 5.05. The number of nitrogens with zero attached hydrogens (tertiary/aromatic N) is 3. The summed E-state index contributed by atoms with van der Waals surface area (Å²) in [7, 11) is 0. The zero-order chi connectivity index (χ0) is 22.7. The fraction of sp³-hybridized carbons (Fsp3) is 0.227. The quantitative estimate of drug-likeness (QED) is 0.583. The molecular formula is C22H19F4N5O. The number of anilines is 2. The van der Waals surface area contributed by atoms with Gasteiger partial charge < -0.3 is 15.5 Å². The largest absolute Gasteiger partial charge is 0.419 e. The molecule has 1 atom stereocenters. The molecule has 4 rings (SSSR count). The van der Waals surface area contributed by atoms with E-state index in [0.717, 1.165) is 17.7 Å². The van der Waals surface area contributed by atoms with Crippen molar-refractivity contribution in [1.29, 1.82) is 0 Å². The molecule has 2 heterocycles. The second-order valence-corrected chi connectivity index (χ2v) is 7.20. The fourth-order valence-corrected chi connectivity index (χ4v) is 3.56. The third kappa shape index (κ3) is 4.63. The van der Waals surface area contributed by atoms with E-state index in [2.05, 4.69) is 20.6 Å². The average Bonchev–Trinajstić information content (AvgIpc) is 2.78. The van der Waals surface area contributed by atoms with Crippen LogP contribution in [0.2, 0.25) is 0 Å². The van der Waals surface area contributed by atoms with Crippen LogP contribution >= 0.6 is 0 Å². The van der Waals surface area contributed by atoms with Crippen LogP contribution in [0.4, 0.5) is 29.3 Å². The lowest BCUT2D eigenvalue weighted by Crippen LogP contribution is -2.50. The topological polar surface area (TPSA) is 70.2 Å². The molecule has 166 valence electrons. The number of carbonyl (C=O) groups is 1. The average molecular weight is 445 g/mol. The number of halogens is 4. The van der Waals surface area contributed by atoms with Gasteiger partial charge in [0.1, 0.15) is 17.7 Å². The van der Waals surface area contributed by atoms with E-state index in [1.54, 1.807) is 6.07 Å². The molecule has 3 aromatic rings. The predicted molar refractivity (Wildman–Crippen MR) is 110 cm³/mol. The summed E-state index contributed by atoms with van der Waals surface area (Å²) in [6.07, 6.45) is -3.27. The zero-order valence-electron chi connectivity index (χ0n) is 16.7. The molecule has 0 saturated carbocycles. The number of aromatic nitrogens is 2. The van der Waals surface area contributed by atoms with E-state index in [1.807, 2.05) is 35.2 Å². The van der Waals surface area contributed by atoms with Crippen LogP contribution in [0.1, 0.15) is 22.7 Å². The molecule has 2 N–H and O–H groups in total. The molecule has 10 heteroatoms. The predicted octanol–water partition coefficient (Wildman–Crippen LogP) is 3.92. The minimum absolute atomic E-state index is 0.0323. The number of hydrogen-bond acceptors (Lipinski definition) is 5. The first-order valence-electron chi connectivity index (χ1n) is 9.85. The van der Waals surface area contributed by atoms with Gasteiger partial charge in [-0.3, -0.25) is 4.79 Å². The lowest BCUT2D eigenvalue weighted by atomic mass is 10.0. The van der Waals surface area contributed by atoms with Crippen LogP contribution in [0.5, 0.6) is 0 Å². The summed E-state index contributed by atoms with van der Waals surface area (Å²) < 4.78 is 52.3. The van der Waals surface area contributed by atoms with Crippen LogP contribution in [0.25, 0.3) is 0 Å². The standard InChI is InChI=1S/C22H19F4N5O/c23-17-7-6-14(12-16(17)22(24,25)26)13-29-21-28-9-8-18(30-21)31-11-10-27-20(32)19(31)15-4-2-1-3-5-15/h1-9,12,19H,10-11,13H2,(H,27,32)(H,28,29,30). The van der Waals surface area contributed by atoms with Gasteiger partial charge in [0.2, 0.25) is 11.9 Å². The molecule has 2 aromatic carbocycles.